The van der Waals surface area contributed by atoms with Crippen molar-refractivity contribution in [3.05, 3.63) is 0 Å². The number of hydrogen-bond acceptors (Lipinski definition) is 3. The average molecular weight is 228 g/mol. The molecule has 0 fully saturated rings. The third-order valence-corrected chi connectivity index (χ3v) is 2.08. The van der Waals surface area contributed by atoms with E-state index in [0.29, 0.717) is 6.54 Å². The number of carbonyl (C=O) groups excluding carboxylic acids is 1. The molecule has 0 heterocycles. The van der Waals surface area contributed by atoms with E-state index in [1.54, 1.807) is 6.92 Å². The summed E-state index contributed by atoms with van der Waals surface area (Å²) in [5.74, 6) is 0.126. The summed E-state index contributed by atoms with van der Waals surface area (Å²) >= 11 is 0. The van der Waals surface area contributed by atoms with Crippen LogP contribution in [0.5, 0.6) is 0 Å². The first-order chi connectivity index (χ1) is 7.22. The van der Waals surface area contributed by atoms with Crippen LogP contribution in [0.2, 0.25) is 0 Å². The van der Waals surface area contributed by atoms with Gasteiger partial charge in [-0.25, -0.2) is 0 Å². The van der Waals surface area contributed by atoms with Crippen molar-refractivity contribution in [3.63, 3.8) is 0 Å². The quantitative estimate of drug-likeness (QED) is 0.304. The van der Waals surface area contributed by atoms with E-state index in [1.807, 2.05) is 20.8 Å². The van der Waals surface area contributed by atoms with Crippen LogP contribution in [0.3, 0.4) is 0 Å². The molecule has 0 spiro atoms. The Kier molecular flexibility index (Phi) is 6.03. The molecule has 0 aliphatic heterocycles. The molecular weight excluding hydrogens is 204 g/mol. The van der Waals surface area contributed by atoms with Crippen molar-refractivity contribution >= 4 is 11.7 Å². The molecule has 0 amide bonds. The van der Waals surface area contributed by atoms with Crippen LogP contribution < -0.4 is 16.4 Å². The Bertz CT molecular complexity index is 245. The Morgan fingerprint density at radius 1 is 1.44 bits per heavy atom. The molecule has 94 valence electrons. The van der Waals surface area contributed by atoms with Gasteiger partial charge < -0.3 is 16.4 Å². The second kappa shape index (κ2) is 6.48. The maximum atomic E-state index is 11.4. The Hall–Kier alpha value is -1.10. The first-order valence-corrected chi connectivity index (χ1v) is 5.58. The maximum absolute atomic E-state index is 11.4. The predicted octanol–water partition coefficient (Wildman–Crippen LogP) is 0.595. The number of hydrogen-bond donors (Lipinski definition) is 4. The Morgan fingerprint density at radius 2 is 2.00 bits per heavy atom. The van der Waals surface area contributed by atoms with Crippen molar-refractivity contribution in [1.82, 2.24) is 10.6 Å². The summed E-state index contributed by atoms with van der Waals surface area (Å²) in [5, 5.41) is 13.0. The number of carbonyl (C=O) groups is 1. The van der Waals surface area contributed by atoms with Crippen molar-refractivity contribution in [2.24, 2.45) is 5.73 Å². The fraction of sp³-hybridized carbons (Fsp3) is 0.818. The van der Waals surface area contributed by atoms with Gasteiger partial charge in [0.15, 0.2) is 5.96 Å². The lowest BCUT2D eigenvalue weighted by Crippen LogP contribution is -2.47. The second-order valence-electron chi connectivity index (χ2n) is 5.04. The highest BCUT2D eigenvalue weighted by atomic mass is 16.1. The van der Waals surface area contributed by atoms with Crippen molar-refractivity contribution in [1.29, 1.82) is 5.41 Å². The number of ketones is 1. The predicted molar refractivity (Wildman–Crippen MR) is 66.5 cm³/mol. The summed E-state index contributed by atoms with van der Waals surface area (Å²) in [7, 11) is 0. The van der Waals surface area contributed by atoms with Gasteiger partial charge in [-0.1, -0.05) is 0 Å². The number of rotatable bonds is 6. The van der Waals surface area contributed by atoms with Gasteiger partial charge in [0.2, 0.25) is 0 Å². The molecule has 5 nitrogen and oxygen atoms in total. The van der Waals surface area contributed by atoms with E-state index in [1.165, 1.54) is 0 Å². The van der Waals surface area contributed by atoms with Gasteiger partial charge in [-0.2, -0.15) is 0 Å². The topological polar surface area (TPSA) is 91.0 Å². The van der Waals surface area contributed by atoms with Crippen LogP contribution >= 0.6 is 0 Å². The van der Waals surface area contributed by atoms with Crippen LogP contribution in [0.4, 0.5) is 0 Å². The molecule has 0 radical (unpaired) electrons. The Labute approximate surface area is 97.7 Å². The average Bonchev–Trinajstić information content (AvgIpc) is 2.07. The summed E-state index contributed by atoms with van der Waals surface area (Å²) in [6.45, 7) is 8.34. The van der Waals surface area contributed by atoms with Crippen molar-refractivity contribution in [2.45, 2.75) is 52.1 Å². The first-order valence-electron chi connectivity index (χ1n) is 5.58. The van der Waals surface area contributed by atoms with Gasteiger partial charge >= 0.3 is 0 Å². The molecule has 0 saturated heterocycles. The molecule has 0 rings (SSSR count). The standard InChI is InChI=1S/C11H24N4O/c1-8(16)9(15-11(2,3)4)6-5-7-14-10(12)13/h9,15H,5-7H2,1-4H3,(H4,12,13,14). The van der Waals surface area contributed by atoms with Crippen LogP contribution in [-0.2, 0) is 4.79 Å². The van der Waals surface area contributed by atoms with Crippen LogP contribution in [-0.4, -0.2) is 29.9 Å². The second-order valence-corrected chi connectivity index (χ2v) is 5.04. The van der Waals surface area contributed by atoms with E-state index in [-0.39, 0.29) is 23.3 Å². The van der Waals surface area contributed by atoms with Crippen molar-refractivity contribution < 1.29 is 4.79 Å². The van der Waals surface area contributed by atoms with Gasteiger partial charge in [0, 0.05) is 12.1 Å². The van der Waals surface area contributed by atoms with E-state index >= 15 is 0 Å². The SMILES string of the molecule is CC(=O)C(CCCNC(=N)N)NC(C)(C)C. The molecule has 0 aliphatic carbocycles. The third-order valence-electron chi connectivity index (χ3n) is 2.08. The maximum Gasteiger partial charge on any atom is 0.185 e. The molecule has 0 aromatic heterocycles. The molecule has 1 atom stereocenters. The molecule has 1 unspecified atom stereocenters. The zero-order valence-corrected chi connectivity index (χ0v) is 10.7. The zero-order chi connectivity index (χ0) is 12.8. The Morgan fingerprint density at radius 3 is 2.38 bits per heavy atom. The third kappa shape index (κ3) is 8.23. The van der Waals surface area contributed by atoms with Crippen molar-refractivity contribution in [3.8, 4) is 0 Å². The molecule has 0 aliphatic rings. The number of Topliss-reactive ketones (excluding diaryl/α,β-unsaturated/α-hetero) is 1. The highest BCUT2D eigenvalue weighted by Crippen LogP contribution is 2.06. The molecule has 0 aromatic carbocycles. The Balaban J connectivity index is 3.96. The van der Waals surface area contributed by atoms with E-state index in [0.717, 1.165) is 12.8 Å². The fourth-order valence-corrected chi connectivity index (χ4v) is 1.43. The zero-order valence-electron chi connectivity index (χ0n) is 10.7. The molecule has 0 aromatic rings. The van der Waals surface area contributed by atoms with Gasteiger partial charge in [0.25, 0.3) is 0 Å². The highest BCUT2D eigenvalue weighted by Gasteiger charge is 2.20. The van der Waals surface area contributed by atoms with Gasteiger partial charge in [0.1, 0.15) is 5.78 Å². The van der Waals surface area contributed by atoms with Gasteiger partial charge in [-0.3, -0.25) is 10.2 Å². The van der Waals surface area contributed by atoms with E-state index in [4.69, 9.17) is 11.1 Å². The summed E-state index contributed by atoms with van der Waals surface area (Å²) in [6, 6.07) is -0.117. The van der Waals surface area contributed by atoms with E-state index in [2.05, 4.69) is 10.6 Å². The van der Waals surface area contributed by atoms with Crippen LogP contribution in [0, 0.1) is 5.41 Å². The van der Waals surface area contributed by atoms with Gasteiger partial charge in [0.05, 0.1) is 6.04 Å². The molecule has 0 bridgehead atoms. The summed E-state index contributed by atoms with van der Waals surface area (Å²) in [4.78, 5) is 11.4. The first kappa shape index (κ1) is 14.9. The minimum Gasteiger partial charge on any atom is -0.370 e. The fourth-order valence-electron chi connectivity index (χ4n) is 1.43. The number of nitrogens with two attached hydrogens (primary N) is 1. The molecule has 5 N–H and O–H groups in total. The minimum atomic E-state index is -0.117. The summed E-state index contributed by atoms with van der Waals surface area (Å²) < 4.78 is 0. The lowest BCUT2D eigenvalue weighted by molar-refractivity contribution is -0.119. The van der Waals surface area contributed by atoms with Crippen molar-refractivity contribution in [2.75, 3.05) is 6.54 Å². The number of guanidine groups is 1. The minimum absolute atomic E-state index is 0.0249. The summed E-state index contributed by atoms with van der Waals surface area (Å²) in [5.41, 5.74) is 5.10. The molecule has 16 heavy (non-hydrogen) atoms. The summed E-state index contributed by atoms with van der Waals surface area (Å²) in [6.07, 6.45) is 1.57. The van der Waals surface area contributed by atoms with Gasteiger partial charge in [-0.15, -0.1) is 0 Å². The van der Waals surface area contributed by atoms with Crippen LogP contribution in [0.25, 0.3) is 0 Å². The van der Waals surface area contributed by atoms with E-state index < -0.39 is 0 Å². The molecule has 0 saturated carbocycles. The smallest absolute Gasteiger partial charge is 0.185 e. The normalized spacial score (nSPS) is 13.2. The lowest BCUT2D eigenvalue weighted by Gasteiger charge is -2.27. The van der Waals surface area contributed by atoms with Crippen LogP contribution in [0.15, 0.2) is 0 Å². The molecular formula is C11H24N4O. The lowest BCUT2D eigenvalue weighted by atomic mass is 10.0. The van der Waals surface area contributed by atoms with Gasteiger partial charge in [-0.05, 0) is 40.5 Å². The monoisotopic (exact) mass is 228 g/mol. The van der Waals surface area contributed by atoms with Crippen LogP contribution in [0.1, 0.15) is 40.5 Å². The van der Waals surface area contributed by atoms with E-state index in [9.17, 15) is 4.79 Å². The largest absolute Gasteiger partial charge is 0.370 e. The number of nitrogens with one attached hydrogen (secondary N) is 3. The highest BCUT2D eigenvalue weighted by molar-refractivity contribution is 5.81. The molecule has 5 heteroatoms.